The van der Waals surface area contributed by atoms with Gasteiger partial charge in [-0.05, 0) is 38.4 Å². The van der Waals surface area contributed by atoms with Crippen LogP contribution < -0.4 is 0 Å². The van der Waals surface area contributed by atoms with E-state index in [1.54, 1.807) is 0 Å². The molecular weight excluding hydrogens is 242 g/mol. The van der Waals surface area contributed by atoms with Gasteiger partial charge in [0, 0.05) is 23.2 Å². The lowest BCUT2D eigenvalue weighted by molar-refractivity contribution is 0.0381. The van der Waals surface area contributed by atoms with Crippen molar-refractivity contribution in [2.75, 3.05) is 19.6 Å². The number of rotatable bonds is 5. The third kappa shape index (κ3) is 3.74. The van der Waals surface area contributed by atoms with Crippen molar-refractivity contribution in [3.63, 3.8) is 0 Å². The van der Waals surface area contributed by atoms with Gasteiger partial charge in [-0.25, -0.2) is 0 Å². The minimum atomic E-state index is -0.605. The molecule has 0 bridgehead atoms. The second kappa shape index (κ2) is 5.64. The van der Waals surface area contributed by atoms with Crippen LogP contribution in [0.1, 0.15) is 26.3 Å². The molecule has 0 saturated heterocycles. The molecule has 18 heavy (non-hydrogen) atoms. The Morgan fingerprint density at radius 3 is 2.72 bits per heavy atom. The fraction of sp³-hybridized carbons (Fsp3) is 0.600. The number of thioether (sulfide) groups is 1. The molecule has 1 aliphatic rings. The molecule has 2 rings (SSSR count). The third-order valence-corrected chi connectivity index (χ3v) is 4.53. The number of hydrogen-bond donors (Lipinski definition) is 1. The summed E-state index contributed by atoms with van der Waals surface area (Å²) in [6.07, 6.45) is 1.16. The first kappa shape index (κ1) is 13.9. The van der Waals surface area contributed by atoms with E-state index >= 15 is 0 Å². The highest BCUT2D eigenvalue weighted by atomic mass is 32.2. The maximum Gasteiger partial charge on any atom is 0.0718 e. The van der Waals surface area contributed by atoms with E-state index in [4.69, 9.17) is 0 Å². The van der Waals surface area contributed by atoms with Crippen molar-refractivity contribution in [3.05, 3.63) is 29.8 Å². The van der Waals surface area contributed by atoms with E-state index in [0.29, 0.717) is 5.25 Å². The Labute approximate surface area is 114 Å². The highest BCUT2D eigenvalue weighted by molar-refractivity contribution is 8.00. The molecule has 1 atom stereocenters. The summed E-state index contributed by atoms with van der Waals surface area (Å²) in [4.78, 5) is 3.78. The van der Waals surface area contributed by atoms with Gasteiger partial charge in [-0.15, -0.1) is 11.8 Å². The molecule has 1 aromatic rings. The molecule has 0 aliphatic carbocycles. The van der Waals surface area contributed by atoms with Crippen molar-refractivity contribution in [1.82, 2.24) is 4.90 Å². The standard InChI is InChI=1S/C15H23NOS/c1-4-16(11-15(2,3)17)10-13-9-12-7-5-6-8-14(12)18-13/h5-8,13,17H,4,9-11H2,1-3H3. The van der Waals surface area contributed by atoms with Gasteiger partial charge in [0.2, 0.25) is 0 Å². The summed E-state index contributed by atoms with van der Waals surface area (Å²) in [6.45, 7) is 8.73. The minimum absolute atomic E-state index is 0.605. The van der Waals surface area contributed by atoms with Gasteiger partial charge >= 0.3 is 0 Å². The molecule has 1 heterocycles. The van der Waals surface area contributed by atoms with Crippen LogP contribution in [0.4, 0.5) is 0 Å². The number of benzene rings is 1. The van der Waals surface area contributed by atoms with Gasteiger partial charge in [0.15, 0.2) is 0 Å². The molecule has 1 aliphatic heterocycles. The quantitative estimate of drug-likeness (QED) is 0.885. The predicted octanol–water partition coefficient (Wildman–Crippen LogP) is 2.80. The number of aliphatic hydroxyl groups is 1. The lowest BCUT2D eigenvalue weighted by atomic mass is 10.1. The summed E-state index contributed by atoms with van der Waals surface area (Å²) in [7, 11) is 0. The van der Waals surface area contributed by atoms with Crippen LogP contribution in [0.5, 0.6) is 0 Å². The minimum Gasteiger partial charge on any atom is -0.389 e. The second-order valence-electron chi connectivity index (χ2n) is 5.69. The number of nitrogens with zero attached hydrogens (tertiary/aromatic N) is 1. The highest BCUT2D eigenvalue weighted by Crippen LogP contribution is 2.37. The van der Waals surface area contributed by atoms with Crippen molar-refractivity contribution in [3.8, 4) is 0 Å². The molecule has 2 nitrogen and oxygen atoms in total. The summed E-state index contributed by atoms with van der Waals surface area (Å²) in [5.74, 6) is 0. The zero-order valence-corrected chi connectivity index (χ0v) is 12.3. The molecule has 0 saturated carbocycles. The fourth-order valence-corrected chi connectivity index (χ4v) is 3.86. The van der Waals surface area contributed by atoms with Crippen LogP contribution in [0.25, 0.3) is 0 Å². The van der Waals surface area contributed by atoms with Crippen molar-refractivity contribution >= 4 is 11.8 Å². The molecule has 0 fully saturated rings. The molecule has 100 valence electrons. The Kier molecular flexibility index (Phi) is 4.36. The molecule has 0 spiro atoms. The maximum atomic E-state index is 9.92. The van der Waals surface area contributed by atoms with Gasteiger partial charge in [-0.2, -0.15) is 0 Å². The van der Waals surface area contributed by atoms with Crippen LogP contribution in [-0.2, 0) is 6.42 Å². The molecule has 3 heteroatoms. The Hall–Kier alpha value is -0.510. The largest absolute Gasteiger partial charge is 0.389 e. The van der Waals surface area contributed by atoms with E-state index < -0.39 is 5.60 Å². The highest BCUT2D eigenvalue weighted by Gasteiger charge is 2.25. The second-order valence-corrected chi connectivity index (χ2v) is 7.03. The summed E-state index contributed by atoms with van der Waals surface area (Å²) < 4.78 is 0. The van der Waals surface area contributed by atoms with Gasteiger partial charge in [0.05, 0.1) is 5.60 Å². The van der Waals surface area contributed by atoms with Crippen molar-refractivity contribution in [2.24, 2.45) is 0 Å². The normalized spacial score (nSPS) is 19.3. The third-order valence-electron chi connectivity index (χ3n) is 3.23. The van der Waals surface area contributed by atoms with E-state index in [1.807, 2.05) is 25.6 Å². The first-order chi connectivity index (χ1) is 8.48. The first-order valence-electron chi connectivity index (χ1n) is 6.67. The van der Waals surface area contributed by atoms with Crippen LogP contribution in [-0.4, -0.2) is 40.5 Å². The van der Waals surface area contributed by atoms with Crippen molar-refractivity contribution in [1.29, 1.82) is 0 Å². The van der Waals surface area contributed by atoms with Crippen LogP contribution in [0.3, 0.4) is 0 Å². The zero-order chi connectivity index (χ0) is 13.2. The molecule has 0 amide bonds. The van der Waals surface area contributed by atoms with Gasteiger partial charge < -0.3 is 5.11 Å². The average Bonchev–Trinajstić information content (AvgIpc) is 2.68. The summed E-state index contributed by atoms with van der Waals surface area (Å²) in [5.41, 5.74) is 0.874. The summed E-state index contributed by atoms with van der Waals surface area (Å²) in [6, 6.07) is 8.68. The fourth-order valence-electron chi connectivity index (χ4n) is 2.50. The van der Waals surface area contributed by atoms with Gasteiger partial charge in [-0.3, -0.25) is 4.90 Å². The van der Waals surface area contributed by atoms with Crippen molar-refractivity contribution < 1.29 is 5.11 Å². The smallest absolute Gasteiger partial charge is 0.0718 e. The Balaban J connectivity index is 1.92. The SMILES string of the molecule is CCN(CC1Cc2ccccc2S1)CC(C)(C)O. The van der Waals surface area contributed by atoms with E-state index in [9.17, 15) is 5.11 Å². The molecule has 1 aromatic carbocycles. The van der Waals surface area contributed by atoms with Crippen LogP contribution in [0.15, 0.2) is 29.2 Å². The average molecular weight is 265 g/mol. The Morgan fingerprint density at radius 1 is 1.39 bits per heavy atom. The lowest BCUT2D eigenvalue weighted by Crippen LogP contribution is -2.41. The Bertz CT molecular complexity index is 375. The van der Waals surface area contributed by atoms with E-state index in [-0.39, 0.29) is 0 Å². The summed E-state index contributed by atoms with van der Waals surface area (Å²) in [5, 5.41) is 10.5. The van der Waals surface area contributed by atoms with Crippen LogP contribution >= 0.6 is 11.8 Å². The monoisotopic (exact) mass is 265 g/mol. The molecule has 0 radical (unpaired) electrons. The number of fused-ring (bicyclic) bond motifs is 1. The summed E-state index contributed by atoms with van der Waals surface area (Å²) >= 11 is 1.98. The van der Waals surface area contributed by atoms with E-state index in [0.717, 1.165) is 26.1 Å². The van der Waals surface area contributed by atoms with Gasteiger partial charge in [0.25, 0.3) is 0 Å². The lowest BCUT2D eigenvalue weighted by Gasteiger charge is -2.29. The molecule has 1 N–H and O–H groups in total. The van der Waals surface area contributed by atoms with Gasteiger partial charge in [-0.1, -0.05) is 25.1 Å². The zero-order valence-electron chi connectivity index (χ0n) is 11.5. The van der Waals surface area contributed by atoms with E-state index in [2.05, 4.69) is 36.1 Å². The molecular formula is C15H23NOS. The number of hydrogen-bond acceptors (Lipinski definition) is 3. The predicted molar refractivity (Wildman–Crippen MR) is 78.2 cm³/mol. The van der Waals surface area contributed by atoms with Crippen molar-refractivity contribution in [2.45, 2.75) is 42.9 Å². The molecule has 0 aromatic heterocycles. The molecule has 1 unspecified atom stereocenters. The van der Waals surface area contributed by atoms with Crippen LogP contribution in [0, 0.1) is 0 Å². The first-order valence-corrected chi connectivity index (χ1v) is 7.55. The Morgan fingerprint density at radius 2 is 2.11 bits per heavy atom. The number of likely N-dealkylation sites (N-methyl/N-ethyl adjacent to an activating group) is 1. The van der Waals surface area contributed by atoms with E-state index in [1.165, 1.54) is 10.5 Å². The maximum absolute atomic E-state index is 9.92. The van der Waals surface area contributed by atoms with Gasteiger partial charge in [0.1, 0.15) is 0 Å². The van der Waals surface area contributed by atoms with Crippen LogP contribution in [0.2, 0.25) is 0 Å². The topological polar surface area (TPSA) is 23.5 Å².